The van der Waals surface area contributed by atoms with Gasteiger partial charge < -0.3 is 249 Å². The summed E-state index contributed by atoms with van der Waals surface area (Å²) in [6.45, 7) is -5.39. The summed E-state index contributed by atoms with van der Waals surface area (Å²) in [6.07, 6.45) is -95.4. The predicted octanol–water partition coefficient (Wildman–Crippen LogP) is -21.4. The van der Waals surface area contributed by atoms with Crippen molar-refractivity contribution in [1.82, 2.24) is 21.3 Å². The number of amides is 4. The Morgan fingerprint density at radius 2 is 0.648 bits per heavy atom. The van der Waals surface area contributed by atoms with Gasteiger partial charge in [-0.25, -0.2) is 0 Å². The molecule has 0 unspecified atom stereocenters. The predicted molar refractivity (Wildman–Crippen MR) is 376 cm³/mol. The fraction of sp³-hybridized carbons (Fsp3) is 0.926. The van der Waals surface area contributed by atoms with E-state index in [-0.39, 0.29) is 6.29 Å². The molecule has 54 heteroatoms. The summed E-state index contributed by atoms with van der Waals surface area (Å²) in [7, 11) is 0. The first-order chi connectivity index (χ1) is 57.6. The van der Waals surface area contributed by atoms with E-state index in [0.717, 1.165) is 27.7 Å². The van der Waals surface area contributed by atoms with E-state index < -0.39 is 384 Å². The number of hydrogen-bond acceptors (Lipinski definition) is 50. The van der Waals surface area contributed by atoms with Gasteiger partial charge in [-0.1, -0.05) is 0 Å². The zero-order valence-electron chi connectivity index (χ0n) is 65.7. The van der Waals surface area contributed by atoms with E-state index in [0.29, 0.717) is 0 Å². The van der Waals surface area contributed by atoms with Crippen LogP contribution in [0.25, 0.3) is 0 Å². The Morgan fingerprint density at radius 3 is 1.05 bits per heavy atom. The molecule has 0 bridgehead atoms. The molecule has 0 aromatic carbocycles. The van der Waals surface area contributed by atoms with Gasteiger partial charge in [-0.2, -0.15) is 0 Å². The molecule has 0 saturated carbocycles. The first-order valence-corrected chi connectivity index (χ1v) is 38.8. The zero-order valence-corrected chi connectivity index (χ0v) is 65.7. The molecular formula is C68H114N4O50. The lowest BCUT2D eigenvalue weighted by Crippen LogP contribution is -2.70. The minimum atomic E-state index is -2.66. The van der Waals surface area contributed by atoms with Crippen LogP contribution in [0.3, 0.4) is 0 Å². The highest BCUT2D eigenvalue weighted by molar-refractivity contribution is 5.77. The normalized spacial score (nSPS) is 46.9. The summed E-state index contributed by atoms with van der Waals surface area (Å²) in [6, 6.07) is -8.03. The van der Waals surface area contributed by atoms with Gasteiger partial charge in [0.1, 0.15) is 244 Å². The standard InChI is InChI=1S/C68H114N4O50/c1-16-34(86)44(96)49(101)63(107-16)105-14-22(85)53(35(87)21(6-73)69-17(2)81)116-60-31(70-18(3)82)41(93)56(29(13-80)112-60)119-66-52(104)57(120-68-59(48(100)39(91)26(10-77)111-68)122-62-33(72-20(5)84)43(95)55(28(12-79)114-62)118-65-51(103)46(98)37(89)24(8-75)109-65)40(92)30(115-66)15-106-67-58(47(99)38(90)25(9-76)110-67)121-61-32(71-19(4)83)42(94)54(27(11-78)113-61)117-64-50(102)45(97)36(88)23(7-74)108-64/h6,16,21-68,74-80,85-104H,7-15H2,1-5H3,(H,69,81)(H,70,82)(H,71,83)(H,72,84)/t16-,21+,22-,23-,24-,25-,26-,27-,28-,29-,30-,31-,32-,33-,34+,35-,36+,37+,38-,39-,40-,41-,42-,43-,44+,45+,46+,47+,48+,49-,50-,51-,52+,53-,54-,55-,56-,57+,58+,59+,60+,61+,62+,63+,64+,65+,66+,67+,68-/m1/s1. The Hall–Kier alpha value is -4.25. The molecule has 9 fully saturated rings. The van der Waals surface area contributed by atoms with Crippen LogP contribution in [0.2, 0.25) is 0 Å². The topological polar surface area (TPSA) is 846 Å². The first kappa shape index (κ1) is 101. The number of aldehydes is 1. The summed E-state index contributed by atoms with van der Waals surface area (Å²) < 4.78 is 106. The van der Waals surface area contributed by atoms with Crippen LogP contribution in [0.15, 0.2) is 0 Å². The molecule has 31 N–H and O–H groups in total. The summed E-state index contributed by atoms with van der Waals surface area (Å²) in [4.78, 5) is 64.0. The molecule has 0 radical (unpaired) electrons. The van der Waals surface area contributed by atoms with Crippen LogP contribution in [0.4, 0.5) is 0 Å². The molecular weight excluding hydrogens is 1670 g/mol. The van der Waals surface area contributed by atoms with Gasteiger partial charge in [-0.15, -0.1) is 0 Å². The Balaban J connectivity index is 1.07. The number of aliphatic hydroxyl groups excluding tert-OH is 27. The maximum atomic E-state index is 13.2. The van der Waals surface area contributed by atoms with Crippen LogP contribution in [-0.2, 0) is 109 Å². The highest BCUT2D eigenvalue weighted by Crippen LogP contribution is 2.40. The van der Waals surface area contributed by atoms with Gasteiger partial charge in [-0.3, -0.25) is 19.2 Å². The second kappa shape index (κ2) is 44.9. The Morgan fingerprint density at radius 1 is 0.320 bits per heavy atom. The number of nitrogens with one attached hydrogen (secondary N) is 4. The van der Waals surface area contributed by atoms with E-state index in [2.05, 4.69) is 21.3 Å². The van der Waals surface area contributed by atoms with Crippen molar-refractivity contribution >= 4 is 29.9 Å². The SMILES string of the molecule is CC(=O)N[C@H]1[C@H](O[C@@H]([C@H](O)[C@H](C=O)NC(C)=O)[C@H](O)CO[C@H]2O[C@H](C)[C@H](O)[C@H](O)[C@H]2O)O[C@H](CO)[C@@H](O[C@@H]2O[C@H](CO[C@H]3O[C@H](CO)[C@@H](O)[C@H](O)[C@@H]3O[C@@H]3O[C@H](CO)[C@@H](O[C@@H]4O[C@H](CO)[C@H](O)[C@H](O)[C@H]4O)[C@H](O)[C@H]3NC(C)=O)[C@@H](O)[C@H](O[C@H]3O[C@H](CO)[C@@H](O)[C@H](O)[C@@H]3O[C@@H]3O[C@H](CO)[C@@H](O[C@@H]4O[C@H](CO)[C@H](O)[C@H](O)[C@H]4O)[C@H](O)[C@H]3NC(C)=O)[C@@H]2O)[C@@H]1O. The summed E-state index contributed by atoms with van der Waals surface area (Å²) in [5, 5.41) is 310. The molecule has 706 valence electrons. The second-order valence-electron chi connectivity index (χ2n) is 30.6. The first-order valence-electron chi connectivity index (χ1n) is 38.8. The average molecular weight is 1790 g/mol. The van der Waals surface area contributed by atoms with E-state index in [1.165, 1.54) is 6.92 Å². The van der Waals surface area contributed by atoms with Gasteiger partial charge >= 0.3 is 0 Å². The molecule has 9 heterocycles. The van der Waals surface area contributed by atoms with E-state index in [4.69, 9.17) is 85.3 Å². The minimum absolute atomic E-state index is 0.00602. The summed E-state index contributed by atoms with van der Waals surface area (Å²) in [5.41, 5.74) is 0. The lowest BCUT2D eigenvalue weighted by molar-refractivity contribution is -0.398. The second-order valence-corrected chi connectivity index (χ2v) is 30.6. The molecule has 4 amide bonds. The smallest absolute Gasteiger partial charge is 0.217 e. The molecule has 9 rings (SSSR count). The van der Waals surface area contributed by atoms with E-state index in [9.17, 15) is 162 Å². The molecule has 0 aromatic heterocycles. The molecule has 0 aromatic rings. The molecule has 49 atom stereocenters. The third kappa shape index (κ3) is 22.9. The van der Waals surface area contributed by atoms with E-state index in [1.54, 1.807) is 0 Å². The van der Waals surface area contributed by atoms with Crippen LogP contribution in [0.5, 0.6) is 0 Å². The highest BCUT2D eigenvalue weighted by atomic mass is 16.8. The van der Waals surface area contributed by atoms with E-state index in [1.807, 2.05) is 0 Å². The van der Waals surface area contributed by atoms with Gasteiger partial charge in [0.2, 0.25) is 23.6 Å². The van der Waals surface area contributed by atoms with Gasteiger partial charge in [0.25, 0.3) is 0 Å². The van der Waals surface area contributed by atoms with Crippen LogP contribution >= 0.6 is 0 Å². The number of aliphatic hydroxyl groups is 27. The van der Waals surface area contributed by atoms with Crippen molar-refractivity contribution in [2.75, 3.05) is 59.5 Å². The average Bonchev–Trinajstić information content (AvgIpc) is 0.766. The number of hydrogen-bond donors (Lipinski definition) is 31. The summed E-state index contributed by atoms with van der Waals surface area (Å²) >= 11 is 0. The summed E-state index contributed by atoms with van der Waals surface area (Å²) in [5.74, 6) is -3.93. The number of rotatable bonds is 35. The number of carbonyl (C=O) groups excluding carboxylic acids is 5. The van der Waals surface area contributed by atoms with Crippen molar-refractivity contribution < 1.29 is 247 Å². The number of carbonyl (C=O) groups is 5. The fourth-order valence-corrected chi connectivity index (χ4v) is 15.3. The molecule has 9 aliphatic heterocycles. The Kier molecular flexibility index (Phi) is 37.3. The van der Waals surface area contributed by atoms with Crippen LogP contribution in [0.1, 0.15) is 34.6 Å². The molecule has 122 heavy (non-hydrogen) atoms. The van der Waals surface area contributed by atoms with Crippen molar-refractivity contribution in [3.05, 3.63) is 0 Å². The van der Waals surface area contributed by atoms with Crippen molar-refractivity contribution in [3.8, 4) is 0 Å². The van der Waals surface area contributed by atoms with Gasteiger partial charge in [-0.05, 0) is 6.92 Å². The van der Waals surface area contributed by atoms with Gasteiger partial charge in [0.15, 0.2) is 56.6 Å². The van der Waals surface area contributed by atoms with Crippen molar-refractivity contribution in [2.45, 2.75) is 335 Å². The Labute approximate surface area is 691 Å². The molecule has 0 aliphatic carbocycles. The quantitative estimate of drug-likeness (QED) is 0.0262. The largest absolute Gasteiger partial charge is 0.394 e. The van der Waals surface area contributed by atoms with Crippen LogP contribution < -0.4 is 21.3 Å². The lowest BCUT2D eigenvalue weighted by Gasteiger charge is -2.51. The monoisotopic (exact) mass is 1790 g/mol. The molecule has 0 spiro atoms. The maximum absolute atomic E-state index is 13.2. The van der Waals surface area contributed by atoms with Crippen molar-refractivity contribution in [2.24, 2.45) is 0 Å². The maximum Gasteiger partial charge on any atom is 0.217 e. The van der Waals surface area contributed by atoms with Crippen LogP contribution in [-0.4, -0.2) is 528 Å². The zero-order chi connectivity index (χ0) is 90.2. The van der Waals surface area contributed by atoms with Gasteiger partial charge in [0.05, 0.1) is 65.6 Å². The molecule has 9 aliphatic rings. The minimum Gasteiger partial charge on any atom is -0.394 e. The third-order valence-electron chi connectivity index (χ3n) is 22.0. The fourth-order valence-electron chi connectivity index (χ4n) is 15.3. The van der Waals surface area contributed by atoms with Crippen LogP contribution in [0, 0.1) is 0 Å². The van der Waals surface area contributed by atoms with Gasteiger partial charge in [0, 0.05) is 27.7 Å². The Bertz CT molecular complexity index is 3270. The molecule has 9 saturated heterocycles. The van der Waals surface area contributed by atoms with Crippen molar-refractivity contribution in [1.29, 1.82) is 0 Å². The third-order valence-corrected chi connectivity index (χ3v) is 22.0. The lowest BCUT2D eigenvalue weighted by atomic mass is 9.94. The van der Waals surface area contributed by atoms with E-state index >= 15 is 0 Å². The van der Waals surface area contributed by atoms with Crippen molar-refractivity contribution in [3.63, 3.8) is 0 Å². The molecule has 54 nitrogen and oxygen atoms in total. The number of ether oxygens (including phenoxy) is 18. The highest BCUT2D eigenvalue weighted by Gasteiger charge is 2.61.